The Bertz CT molecular complexity index is 1310. The average molecular weight is 475 g/mol. The van der Waals surface area contributed by atoms with E-state index in [9.17, 15) is 9.59 Å². The van der Waals surface area contributed by atoms with Crippen LogP contribution in [0.4, 0.5) is 0 Å². The second-order valence-electron chi connectivity index (χ2n) is 9.61. The Morgan fingerprint density at radius 1 is 1.03 bits per heavy atom. The van der Waals surface area contributed by atoms with Crippen LogP contribution in [0.25, 0.3) is 15.9 Å². The SMILES string of the molecule is Cc1ccc(CN(CC(=O)NC(C)(C)C)C(=O)c2cc3c(C)nn(-c4ccccc4)c3s2)cc1. The molecule has 0 saturated carbocycles. The van der Waals surface area contributed by atoms with Crippen molar-refractivity contribution < 1.29 is 9.59 Å². The summed E-state index contributed by atoms with van der Waals surface area (Å²) in [7, 11) is 0. The van der Waals surface area contributed by atoms with Crippen molar-refractivity contribution >= 4 is 33.4 Å². The molecule has 0 atom stereocenters. The maximum absolute atomic E-state index is 13.7. The second-order valence-corrected chi connectivity index (χ2v) is 10.6. The summed E-state index contributed by atoms with van der Waals surface area (Å²) in [5, 5.41) is 8.59. The number of fused-ring (bicyclic) bond motifs is 1. The molecule has 0 fully saturated rings. The predicted octanol–water partition coefficient (Wildman–Crippen LogP) is 5.26. The van der Waals surface area contributed by atoms with Crippen molar-refractivity contribution in [2.75, 3.05) is 6.54 Å². The lowest BCUT2D eigenvalue weighted by molar-refractivity contribution is -0.123. The van der Waals surface area contributed by atoms with E-state index in [1.165, 1.54) is 11.3 Å². The van der Waals surface area contributed by atoms with Gasteiger partial charge in [-0.2, -0.15) is 5.10 Å². The highest BCUT2D eigenvalue weighted by Gasteiger charge is 2.25. The fourth-order valence-corrected chi connectivity index (χ4v) is 4.95. The van der Waals surface area contributed by atoms with Crippen molar-refractivity contribution in [3.63, 3.8) is 0 Å². The highest BCUT2D eigenvalue weighted by molar-refractivity contribution is 7.20. The van der Waals surface area contributed by atoms with Gasteiger partial charge in [-0.05, 0) is 58.4 Å². The third-order valence-corrected chi connectivity index (χ3v) is 6.48. The molecule has 0 unspecified atom stereocenters. The van der Waals surface area contributed by atoms with Crippen LogP contribution in [0.5, 0.6) is 0 Å². The highest BCUT2D eigenvalue weighted by Crippen LogP contribution is 2.31. The molecule has 4 aromatic rings. The van der Waals surface area contributed by atoms with Gasteiger partial charge in [0.15, 0.2) is 0 Å². The van der Waals surface area contributed by atoms with E-state index in [2.05, 4.69) is 10.4 Å². The van der Waals surface area contributed by atoms with Crippen molar-refractivity contribution in [3.8, 4) is 5.69 Å². The molecule has 0 aliphatic carbocycles. The molecular weight excluding hydrogens is 444 g/mol. The average Bonchev–Trinajstić information content (AvgIpc) is 3.34. The molecular formula is C27H30N4O2S. The van der Waals surface area contributed by atoms with Gasteiger partial charge >= 0.3 is 0 Å². The number of carbonyl (C=O) groups is 2. The predicted molar refractivity (Wildman–Crippen MR) is 137 cm³/mol. The topological polar surface area (TPSA) is 67.2 Å². The normalized spacial score (nSPS) is 11.6. The molecule has 7 heteroatoms. The fraction of sp³-hybridized carbons (Fsp3) is 0.296. The molecule has 2 aromatic carbocycles. The van der Waals surface area contributed by atoms with E-state index in [4.69, 9.17) is 0 Å². The minimum atomic E-state index is -0.372. The number of para-hydroxylation sites is 1. The number of carbonyl (C=O) groups excluding carboxylic acids is 2. The Balaban J connectivity index is 1.67. The van der Waals surface area contributed by atoms with Gasteiger partial charge in [0.1, 0.15) is 11.4 Å². The Morgan fingerprint density at radius 3 is 2.35 bits per heavy atom. The number of aryl methyl sites for hydroxylation is 2. The van der Waals surface area contributed by atoms with Crippen LogP contribution in [0.15, 0.2) is 60.7 Å². The quantitative estimate of drug-likeness (QED) is 0.414. The van der Waals surface area contributed by atoms with Crippen LogP contribution in [0, 0.1) is 13.8 Å². The molecule has 4 rings (SSSR count). The number of thiophene rings is 1. The van der Waals surface area contributed by atoms with Gasteiger partial charge in [-0.15, -0.1) is 11.3 Å². The lowest BCUT2D eigenvalue weighted by Gasteiger charge is -2.26. The van der Waals surface area contributed by atoms with Crippen LogP contribution < -0.4 is 5.32 Å². The van der Waals surface area contributed by atoms with Gasteiger partial charge in [0, 0.05) is 17.5 Å². The summed E-state index contributed by atoms with van der Waals surface area (Å²) in [5.41, 5.74) is 3.57. The number of hydrogen-bond acceptors (Lipinski definition) is 4. The van der Waals surface area contributed by atoms with Gasteiger partial charge in [0.2, 0.25) is 5.91 Å². The third kappa shape index (κ3) is 5.37. The lowest BCUT2D eigenvalue weighted by atomic mass is 10.1. The van der Waals surface area contributed by atoms with Crippen molar-refractivity contribution in [1.29, 1.82) is 0 Å². The molecule has 6 nitrogen and oxygen atoms in total. The smallest absolute Gasteiger partial charge is 0.264 e. The van der Waals surface area contributed by atoms with Gasteiger partial charge in [0.05, 0.1) is 16.3 Å². The Kier molecular flexibility index (Phi) is 6.57. The van der Waals surface area contributed by atoms with E-state index < -0.39 is 0 Å². The monoisotopic (exact) mass is 474 g/mol. The van der Waals surface area contributed by atoms with Crippen LogP contribution in [0.1, 0.15) is 47.3 Å². The van der Waals surface area contributed by atoms with Crippen molar-refractivity contribution in [2.24, 2.45) is 0 Å². The minimum absolute atomic E-state index is 0.0119. The van der Waals surface area contributed by atoms with Crippen LogP contribution >= 0.6 is 11.3 Å². The van der Waals surface area contributed by atoms with E-state index >= 15 is 0 Å². The summed E-state index contributed by atoms with van der Waals surface area (Å²) in [6.45, 7) is 10.1. The standard InChI is InChI=1S/C27H30N4O2S/c1-18-11-13-20(14-12-18)16-30(17-24(32)28-27(3,4)5)25(33)23-15-22-19(2)29-31(26(22)34-23)21-9-7-6-8-10-21/h6-15H,16-17H2,1-5H3,(H,28,32). The van der Waals surface area contributed by atoms with Crippen LogP contribution in [0.2, 0.25) is 0 Å². The Hall–Kier alpha value is -3.45. The summed E-state index contributed by atoms with van der Waals surface area (Å²) in [5.74, 6) is -0.342. The first-order chi connectivity index (χ1) is 16.1. The number of aromatic nitrogens is 2. The van der Waals surface area contributed by atoms with Crippen LogP contribution in [0.3, 0.4) is 0 Å². The molecule has 176 valence electrons. The number of hydrogen-bond donors (Lipinski definition) is 1. The van der Waals surface area contributed by atoms with E-state index in [-0.39, 0.29) is 23.9 Å². The fourth-order valence-electron chi connectivity index (χ4n) is 3.80. The second kappa shape index (κ2) is 9.43. The van der Waals surface area contributed by atoms with E-state index in [0.29, 0.717) is 11.4 Å². The first-order valence-electron chi connectivity index (χ1n) is 11.3. The molecule has 0 aliphatic heterocycles. The Labute approximate surface area is 204 Å². The van der Waals surface area contributed by atoms with Crippen molar-refractivity contribution in [2.45, 2.75) is 46.7 Å². The number of rotatable bonds is 6. The molecule has 0 aliphatic rings. The molecule has 0 spiro atoms. The summed E-state index contributed by atoms with van der Waals surface area (Å²) in [6.07, 6.45) is 0. The maximum atomic E-state index is 13.7. The molecule has 2 amide bonds. The largest absolute Gasteiger partial charge is 0.350 e. The summed E-state index contributed by atoms with van der Waals surface area (Å²) in [4.78, 5) is 29.5. The van der Waals surface area contributed by atoms with E-state index in [0.717, 1.165) is 32.7 Å². The summed E-state index contributed by atoms with van der Waals surface area (Å²) >= 11 is 1.41. The highest BCUT2D eigenvalue weighted by atomic mass is 32.1. The van der Waals surface area contributed by atoms with Gasteiger partial charge in [-0.1, -0.05) is 48.0 Å². The van der Waals surface area contributed by atoms with Crippen LogP contribution in [-0.2, 0) is 11.3 Å². The maximum Gasteiger partial charge on any atom is 0.264 e. The molecule has 1 N–H and O–H groups in total. The molecule has 0 bridgehead atoms. The number of amides is 2. The summed E-state index contributed by atoms with van der Waals surface area (Å²) in [6, 6.07) is 19.8. The van der Waals surface area contributed by atoms with Gasteiger partial charge in [0.25, 0.3) is 5.91 Å². The van der Waals surface area contributed by atoms with E-state index in [1.54, 1.807) is 4.90 Å². The lowest BCUT2D eigenvalue weighted by Crippen LogP contribution is -2.47. The van der Waals surface area contributed by atoms with Crippen LogP contribution in [-0.4, -0.2) is 38.6 Å². The first kappa shape index (κ1) is 23.7. The zero-order valence-corrected chi connectivity index (χ0v) is 21.1. The molecule has 34 heavy (non-hydrogen) atoms. The van der Waals surface area contributed by atoms with E-state index in [1.807, 2.05) is 100.0 Å². The minimum Gasteiger partial charge on any atom is -0.350 e. The zero-order valence-electron chi connectivity index (χ0n) is 20.3. The summed E-state index contributed by atoms with van der Waals surface area (Å²) < 4.78 is 1.88. The number of benzene rings is 2. The number of nitrogens with one attached hydrogen (secondary N) is 1. The molecule has 2 aromatic heterocycles. The van der Waals surface area contributed by atoms with Gasteiger partial charge in [-0.3, -0.25) is 9.59 Å². The van der Waals surface area contributed by atoms with Gasteiger partial charge in [-0.25, -0.2) is 4.68 Å². The molecule has 0 radical (unpaired) electrons. The zero-order chi connectivity index (χ0) is 24.5. The third-order valence-electron chi connectivity index (χ3n) is 5.39. The first-order valence-corrected chi connectivity index (χ1v) is 12.1. The molecule has 2 heterocycles. The van der Waals surface area contributed by atoms with Gasteiger partial charge < -0.3 is 10.2 Å². The molecule has 0 saturated heterocycles. The van der Waals surface area contributed by atoms with Crippen molar-refractivity contribution in [1.82, 2.24) is 20.0 Å². The van der Waals surface area contributed by atoms with Crippen molar-refractivity contribution in [3.05, 3.63) is 82.4 Å². The Morgan fingerprint density at radius 2 is 1.71 bits per heavy atom. The number of nitrogens with zero attached hydrogens (tertiary/aromatic N) is 3.